The van der Waals surface area contributed by atoms with Crippen molar-refractivity contribution in [1.29, 1.82) is 0 Å². The summed E-state index contributed by atoms with van der Waals surface area (Å²) < 4.78 is 10.2. The summed E-state index contributed by atoms with van der Waals surface area (Å²) >= 11 is 0. The summed E-state index contributed by atoms with van der Waals surface area (Å²) in [6.45, 7) is 0.446. The van der Waals surface area contributed by atoms with Gasteiger partial charge in [0.15, 0.2) is 12.0 Å². The van der Waals surface area contributed by atoms with Crippen molar-refractivity contribution in [3.63, 3.8) is 0 Å². The molecule has 0 fully saturated rings. The van der Waals surface area contributed by atoms with Crippen molar-refractivity contribution in [2.24, 2.45) is 5.73 Å². The lowest BCUT2D eigenvalue weighted by Gasteiger charge is -2.06. The number of para-hydroxylation sites is 1. The first-order valence-electron chi connectivity index (χ1n) is 4.25. The van der Waals surface area contributed by atoms with Crippen LogP contribution >= 0.6 is 0 Å². The topological polar surface area (TPSA) is 61.3 Å². The highest BCUT2D eigenvalue weighted by molar-refractivity contribution is 5.36. The number of nitrogens with two attached hydrogens (primary N) is 1. The summed E-state index contributed by atoms with van der Waals surface area (Å²) in [6, 6.07) is 7.59. The second-order valence-electron chi connectivity index (χ2n) is 2.77. The Balaban J connectivity index is 2.24. The van der Waals surface area contributed by atoms with E-state index in [2.05, 4.69) is 9.68 Å². The fraction of sp³-hybridized carbons (Fsp3) is 0.100. The molecule has 1 aromatic heterocycles. The van der Waals surface area contributed by atoms with E-state index in [1.54, 1.807) is 0 Å². The molecule has 2 aromatic rings. The van der Waals surface area contributed by atoms with Crippen LogP contribution in [0.2, 0.25) is 0 Å². The van der Waals surface area contributed by atoms with Gasteiger partial charge in [-0.3, -0.25) is 0 Å². The van der Waals surface area contributed by atoms with Gasteiger partial charge >= 0.3 is 0 Å². The fourth-order valence-corrected chi connectivity index (χ4v) is 1.14. The molecule has 72 valence electrons. The lowest BCUT2D eigenvalue weighted by molar-refractivity contribution is 0.409. The van der Waals surface area contributed by atoms with Crippen molar-refractivity contribution < 1.29 is 9.26 Å². The Morgan fingerprint density at radius 1 is 1.36 bits per heavy atom. The molecule has 2 N–H and O–H groups in total. The van der Waals surface area contributed by atoms with E-state index >= 15 is 0 Å². The highest BCUT2D eigenvalue weighted by atomic mass is 16.5. The monoisotopic (exact) mass is 190 g/mol. The number of nitrogens with zero attached hydrogens (tertiary/aromatic N) is 1. The number of hydrogen-bond donors (Lipinski definition) is 1. The molecule has 0 radical (unpaired) electrons. The fourth-order valence-electron chi connectivity index (χ4n) is 1.14. The van der Waals surface area contributed by atoms with E-state index in [1.807, 2.05) is 24.3 Å². The minimum atomic E-state index is 0.446. The SMILES string of the molecule is NCc1ccccc1Oc1cnoc1. The third kappa shape index (κ3) is 1.75. The van der Waals surface area contributed by atoms with Crippen molar-refractivity contribution in [1.82, 2.24) is 5.16 Å². The largest absolute Gasteiger partial charge is 0.452 e. The molecule has 0 aliphatic rings. The summed E-state index contributed by atoms with van der Waals surface area (Å²) in [5.74, 6) is 1.31. The molecule has 2 rings (SSSR count). The maximum absolute atomic E-state index is 5.56. The third-order valence-electron chi connectivity index (χ3n) is 1.83. The highest BCUT2D eigenvalue weighted by Crippen LogP contribution is 2.24. The normalized spacial score (nSPS) is 10.1. The number of ether oxygens (including phenoxy) is 1. The quantitative estimate of drug-likeness (QED) is 0.803. The molecular formula is C10H10N2O2. The molecule has 0 saturated carbocycles. The smallest absolute Gasteiger partial charge is 0.186 e. The molecule has 0 atom stereocenters. The maximum Gasteiger partial charge on any atom is 0.186 e. The lowest BCUT2D eigenvalue weighted by atomic mass is 10.2. The summed E-state index contributed by atoms with van der Waals surface area (Å²) in [4.78, 5) is 0. The Labute approximate surface area is 81.3 Å². The van der Waals surface area contributed by atoms with E-state index in [0.29, 0.717) is 12.3 Å². The molecular weight excluding hydrogens is 180 g/mol. The van der Waals surface area contributed by atoms with E-state index in [0.717, 1.165) is 11.3 Å². The Morgan fingerprint density at radius 3 is 2.93 bits per heavy atom. The van der Waals surface area contributed by atoms with Crippen molar-refractivity contribution in [3.8, 4) is 11.5 Å². The number of aromatic nitrogens is 1. The molecule has 1 heterocycles. The van der Waals surface area contributed by atoms with Gasteiger partial charge in [-0.15, -0.1) is 0 Å². The van der Waals surface area contributed by atoms with Crippen LogP contribution in [-0.2, 0) is 6.54 Å². The Morgan fingerprint density at radius 2 is 2.21 bits per heavy atom. The van der Waals surface area contributed by atoms with E-state index in [4.69, 9.17) is 10.5 Å². The minimum absolute atomic E-state index is 0.446. The van der Waals surface area contributed by atoms with Gasteiger partial charge in [0.05, 0.1) is 0 Å². The van der Waals surface area contributed by atoms with E-state index in [1.165, 1.54) is 12.5 Å². The third-order valence-corrected chi connectivity index (χ3v) is 1.83. The summed E-state index contributed by atoms with van der Waals surface area (Å²) in [5.41, 5.74) is 6.51. The molecule has 1 aromatic carbocycles. The van der Waals surface area contributed by atoms with Gasteiger partial charge in [-0.1, -0.05) is 23.4 Å². The van der Waals surface area contributed by atoms with Gasteiger partial charge in [-0.25, -0.2) is 0 Å². The van der Waals surface area contributed by atoms with Crippen LogP contribution in [0.3, 0.4) is 0 Å². The molecule has 0 spiro atoms. The van der Waals surface area contributed by atoms with Gasteiger partial charge < -0.3 is 15.0 Å². The summed E-state index contributed by atoms with van der Waals surface area (Å²) in [7, 11) is 0. The molecule has 0 bridgehead atoms. The van der Waals surface area contributed by atoms with E-state index in [-0.39, 0.29) is 0 Å². The Hall–Kier alpha value is -1.81. The first kappa shape index (κ1) is 8.77. The Kier molecular flexibility index (Phi) is 2.46. The van der Waals surface area contributed by atoms with Crippen molar-refractivity contribution in [2.75, 3.05) is 0 Å². The van der Waals surface area contributed by atoms with Crippen LogP contribution in [-0.4, -0.2) is 5.16 Å². The van der Waals surface area contributed by atoms with Crippen LogP contribution in [0.25, 0.3) is 0 Å². The van der Waals surface area contributed by atoms with E-state index < -0.39 is 0 Å². The van der Waals surface area contributed by atoms with Crippen LogP contribution in [0, 0.1) is 0 Å². The molecule has 0 aliphatic heterocycles. The summed E-state index contributed by atoms with van der Waals surface area (Å²) in [5, 5.41) is 3.54. The van der Waals surface area contributed by atoms with Crippen LogP contribution in [0.4, 0.5) is 0 Å². The lowest BCUT2D eigenvalue weighted by Crippen LogP contribution is -1.98. The summed E-state index contributed by atoms with van der Waals surface area (Å²) in [6.07, 6.45) is 2.95. The average molecular weight is 190 g/mol. The first-order chi connectivity index (χ1) is 6.90. The predicted octanol–water partition coefficient (Wildman–Crippen LogP) is 1.93. The Bertz CT molecular complexity index is 398. The van der Waals surface area contributed by atoms with Gasteiger partial charge in [-0.2, -0.15) is 0 Å². The predicted molar refractivity (Wildman–Crippen MR) is 50.9 cm³/mol. The zero-order valence-electron chi connectivity index (χ0n) is 7.51. The van der Waals surface area contributed by atoms with Crippen LogP contribution < -0.4 is 10.5 Å². The molecule has 14 heavy (non-hydrogen) atoms. The standard InChI is InChI=1S/C10H10N2O2/c11-5-8-3-1-2-4-10(8)14-9-6-12-13-7-9/h1-4,6-7H,5,11H2. The van der Waals surface area contributed by atoms with Crippen molar-refractivity contribution in [3.05, 3.63) is 42.3 Å². The first-order valence-corrected chi connectivity index (χ1v) is 4.25. The zero-order chi connectivity index (χ0) is 9.80. The van der Waals surface area contributed by atoms with Crippen LogP contribution in [0.15, 0.2) is 41.2 Å². The molecule has 0 aliphatic carbocycles. The molecule has 4 nitrogen and oxygen atoms in total. The molecule has 4 heteroatoms. The van der Waals surface area contributed by atoms with Gasteiger partial charge in [-0.05, 0) is 6.07 Å². The van der Waals surface area contributed by atoms with Crippen molar-refractivity contribution >= 4 is 0 Å². The van der Waals surface area contributed by atoms with Crippen LogP contribution in [0.5, 0.6) is 11.5 Å². The zero-order valence-corrected chi connectivity index (χ0v) is 7.51. The van der Waals surface area contributed by atoms with Crippen molar-refractivity contribution in [2.45, 2.75) is 6.54 Å². The average Bonchev–Trinajstić information content (AvgIpc) is 2.71. The van der Waals surface area contributed by atoms with Gasteiger partial charge in [0.25, 0.3) is 0 Å². The minimum Gasteiger partial charge on any atom is -0.452 e. The maximum atomic E-state index is 5.56. The number of benzene rings is 1. The second-order valence-corrected chi connectivity index (χ2v) is 2.77. The molecule has 0 saturated heterocycles. The molecule has 0 amide bonds. The highest BCUT2D eigenvalue weighted by Gasteiger charge is 2.03. The van der Waals surface area contributed by atoms with E-state index in [9.17, 15) is 0 Å². The van der Waals surface area contributed by atoms with Gasteiger partial charge in [0, 0.05) is 12.1 Å². The van der Waals surface area contributed by atoms with Gasteiger partial charge in [0.2, 0.25) is 0 Å². The second kappa shape index (κ2) is 3.93. The molecule has 0 unspecified atom stereocenters. The number of rotatable bonds is 3. The van der Waals surface area contributed by atoms with Gasteiger partial charge in [0.1, 0.15) is 11.9 Å². The number of hydrogen-bond acceptors (Lipinski definition) is 4. The van der Waals surface area contributed by atoms with Crippen LogP contribution in [0.1, 0.15) is 5.56 Å².